The van der Waals surface area contributed by atoms with E-state index in [-0.39, 0.29) is 11.3 Å². The van der Waals surface area contributed by atoms with Gasteiger partial charge >= 0.3 is 16.9 Å². The van der Waals surface area contributed by atoms with Gasteiger partial charge in [-0.15, -0.1) is 0 Å². The highest BCUT2D eigenvalue weighted by atomic mass is 16.6. The molecule has 0 aliphatic rings. The van der Waals surface area contributed by atoms with Crippen LogP contribution in [0.5, 0.6) is 0 Å². The van der Waals surface area contributed by atoms with E-state index in [0.29, 0.717) is 5.56 Å². The zero-order chi connectivity index (χ0) is 26.8. The summed E-state index contributed by atoms with van der Waals surface area (Å²) in [7, 11) is 0. The molecule has 0 bridgehead atoms. The molecule has 0 fully saturated rings. The summed E-state index contributed by atoms with van der Waals surface area (Å²) in [5.41, 5.74) is 0.103. The van der Waals surface area contributed by atoms with Gasteiger partial charge in [0, 0.05) is 11.8 Å². The highest BCUT2D eigenvalue weighted by molar-refractivity contribution is 5.69. The first-order chi connectivity index (χ1) is 18.4. The average Bonchev–Trinajstić information content (AvgIpc) is 3.44. The first-order valence-corrected chi connectivity index (χ1v) is 12.1. The van der Waals surface area contributed by atoms with Gasteiger partial charge in [0.05, 0.1) is 28.9 Å². The van der Waals surface area contributed by atoms with Gasteiger partial charge in [0.25, 0.3) is 0 Å². The SMILES string of the molecule is CC(c1ccccc1)n1c(-c2cnn(-c3ccccc3)c2)c([N+](=O)[O-])c(=O)n(C(C)c2ccccc2)c1=O. The van der Waals surface area contributed by atoms with Crippen LogP contribution in [0.25, 0.3) is 16.9 Å². The van der Waals surface area contributed by atoms with Crippen molar-refractivity contribution in [3.63, 3.8) is 0 Å². The molecule has 2 atom stereocenters. The summed E-state index contributed by atoms with van der Waals surface area (Å²) in [6.07, 6.45) is 3.03. The van der Waals surface area contributed by atoms with Crippen molar-refractivity contribution in [3.05, 3.63) is 145 Å². The molecule has 0 amide bonds. The van der Waals surface area contributed by atoms with Gasteiger partial charge in [0.15, 0.2) is 0 Å². The normalized spacial score (nSPS) is 12.7. The Morgan fingerprint density at radius 1 is 0.763 bits per heavy atom. The van der Waals surface area contributed by atoms with Crippen LogP contribution in [-0.2, 0) is 0 Å². The van der Waals surface area contributed by atoms with E-state index in [4.69, 9.17) is 0 Å². The van der Waals surface area contributed by atoms with Crippen molar-refractivity contribution < 1.29 is 4.92 Å². The van der Waals surface area contributed by atoms with Crippen molar-refractivity contribution in [2.24, 2.45) is 0 Å². The number of nitro groups is 1. The van der Waals surface area contributed by atoms with Crippen LogP contribution in [0.3, 0.4) is 0 Å². The average molecular weight is 508 g/mol. The molecule has 0 aliphatic carbocycles. The lowest BCUT2D eigenvalue weighted by Crippen LogP contribution is -2.44. The van der Waals surface area contributed by atoms with Crippen molar-refractivity contribution in [2.75, 3.05) is 0 Å². The third-order valence-electron chi connectivity index (χ3n) is 6.70. The Hall–Kier alpha value is -5.05. The van der Waals surface area contributed by atoms with Crippen molar-refractivity contribution in [1.82, 2.24) is 18.9 Å². The molecule has 0 saturated carbocycles. The maximum absolute atomic E-state index is 14.1. The lowest BCUT2D eigenvalue weighted by Gasteiger charge is -2.23. The molecule has 0 aliphatic heterocycles. The molecule has 0 N–H and O–H groups in total. The molecule has 9 nitrogen and oxygen atoms in total. The molecular formula is C29H25N5O4. The van der Waals surface area contributed by atoms with Gasteiger partial charge in [0.1, 0.15) is 5.69 Å². The third-order valence-corrected chi connectivity index (χ3v) is 6.70. The Labute approximate surface area is 218 Å². The molecular weight excluding hydrogens is 482 g/mol. The maximum atomic E-state index is 14.1. The van der Waals surface area contributed by atoms with Crippen molar-refractivity contribution in [2.45, 2.75) is 25.9 Å². The molecule has 9 heteroatoms. The molecule has 190 valence electrons. The second-order valence-corrected chi connectivity index (χ2v) is 8.96. The van der Waals surface area contributed by atoms with Gasteiger partial charge in [0.2, 0.25) is 0 Å². The van der Waals surface area contributed by atoms with Gasteiger partial charge in [-0.3, -0.25) is 19.5 Å². The molecule has 2 aromatic heterocycles. The molecule has 0 saturated heterocycles. The Bertz CT molecular complexity index is 1710. The minimum atomic E-state index is -0.963. The Balaban J connectivity index is 1.83. The zero-order valence-electron chi connectivity index (χ0n) is 20.8. The highest BCUT2D eigenvalue weighted by Crippen LogP contribution is 2.31. The van der Waals surface area contributed by atoms with Crippen molar-refractivity contribution in [1.29, 1.82) is 0 Å². The molecule has 2 unspecified atom stereocenters. The largest absolute Gasteiger partial charge is 0.358 e. The molecule has 38 heavy (non-hydrogen) atoms. The topological polar surface area (TPSA) is 105 Å². The number of nitrogens with zero attached hydrogens (tertiary/aromatic N) is 5. The van der Waals surface area contributed by atoms with Crippen LogP contribution in [0, 0.1) is 10.1 Å². The number of hydrogen-bond donors (Lipinski definition) is 0. The van der Waals surface area contributed by atoms with Crippen LogP contribution >= 0.6 is 0 Å². The second-order valence-electron chi connectivity index (χ2n) is 8.96. The summed E-state index contributed by atoms with van der Waals surface area (Å²) in [5.74, 6) is 0. The predicted octanol–water partition coefficient (Wildman–Crippen LogP) is 4.99. The lowest BCUT2D eigenvalue weighted by molar-refractivity contribution is -0.386. The molecule has 0 spiro atoms. The van der Waals surface area contributed by atoms with E-state index < -0.39 is 33.9 Å². The number of hydrogen-bond acceptors (Lipinski definition) is 5. The standard InChI is InChI=1S/C29H25N5O4/c1-20(22-12-6-3-7-13-22)32-26(24-18-30-31(19-24)25-16-10-5-11-17-25)27(34(37)38)28(35)33(29(32)36)21(2)23-14-8-4-9-15-23/h3-21H,1-2H3. The van der Waals surface area contributed by atoms with Crippen molar-refractivity contribution in [3.8, 4) is 16.9 Å². The number of para-hydroxylation sites is 1. The van der Waals surface area contributed by atoms with Gasteiger partial charge in [-0.2, -0.15) is 5.10 Å². The van der Waals surface area contributed by atoms with Gasteiger partial charge in [-0.05, 0) is 37.1 Å². The van der Waals surface area contributed by atoms with Crippen molar-refractivity contribution >= 4 is 5.69 Å². The number of benzene rings is 3. The monoisotopic (exact) mass is 507 g/mol. The van der Waals surface area contributed by atoms with Crippen LogP contribution in [0.2, 0.25) is 0 Å². The molecule has 2 heterocycles. The Kier molecular flexibility index (Phi) is 6.57. The van der Waals surface area contributed by atoms with Gasteiger partial charge < -0.3 is 0 Å². The maximum Gasteiger partial charge on any atom is 0.358 e. The zero-order valence-corrected chi connectivity index (χ0v) is 20.8. The van der Waals surface area contributed by atoms with Crippen LogP contribution in [0.15, 0.2) is 113 Å². The Morgan fingerprint density at radius 2 is 1.26 bits per heavy atom. The van der Waals surface area contributed by atoms with Crippen LogP contribution in [-0.4, -0.2) is 23.8 Å². The lowest BCUT2D eigenvalue weighted by atomic mass is 10.1. The minimum absolute atomic E-state index is 0.0833. The summed E-state index contributed by atoms with van der Waals surface area (Å²) >= 11 is 0. The summed E-state index contributed by atoms with van der Waals surface area (Å²) in [5, 5.41) is 16.8. The molecule has 3 aromatic carbocycles. The summed E-state index contributed by atoms with van der Waals surface area (Å²) in [6.45, 7) is 3.47. The van der Waals surface area contributed by atoms with E-state index in [9.17, 15) is 19.7 Å². The Morgan fingerprint density at radius 3 is 1.79 bits per heavy atom. The summed E-state index contributed by atoms with van der Waals surface area (Å²) < 4.78 is 3.86. The van der Waals surface area contributed by atoms with E-state index in [1.807, 2.05) is 66.7 Å². The molecule has 0 radical (unpaired) electrons. The number of rotatable bonds is 7. The second kappa shape index (κ2) is 10.1. The first-order valence-electron chi connectivity index (χ1n) is 12.1. The van der Waals surface area contributed by atoms with Crippen LogP contribution in [0.4, 0.5) is 5.69 Å². The molecule has 5 rings (SSSR count). The summed E-state index contributed by atoms with van der Waals surface area (Å²) in [4.78, 5) is 39.6. The van der Waals surface area contributed by atoms with Gasteiger partial charge in [-0.25, -0.2) is 14.0 Å². The van der Waals surface area contributed by atoms with E-state index in [1.54, 1.807) is 49.0 Å². The van der Waals surface area contributed by atoms with Crippen LogP contribution < -0.4 is 11.2 Å². The quantitative estimate of drug-likeness (QED) is 0.228. The van der Waals surface area contributed by atoms with E-state index in [0.717, 1.165) is 15.8 Å². The van der Waals surface area contributed by atoms with E-state index in [2.05, 4.69) is 5.10 Å². The minimum Gasteiger partial charge on any atom is -0.279 e. The highest BCUT2D eigenvalue weighted by Gasteiger charge is 2.33. The fourth-order valence-electron chi connectivity index (χ4n) is 4.70. The number of aromatic nitrogens is 4. The smallest absolute Gasteiger partial charge is 0.279 e. The predicted molar refractivity (Wildman–Crippen MR) is 145 cm³/mol. The fourth-order valence-corrected chi connectivity index (χ4v) is 4.70. The van der Waals surface area contributed by atoms with Crippen LogP contribution in [0.1, 0.15) is 37.1 Å². The first kappa shape index (κ1) is 24.6. The summed E-state index contributed by atoms with van der Waals surface area (Å²) in [6, 6.07) is 26.1. The van der Waals surface area contributed by atoms with E-state index in [1.165, 1.54) is 10.8 Å². The van der Waals surface area contributed by atoms with E-state index >= 15 is 0 Å². The van der Waals surface area contributed by atoms with Gasteiger partial charge in [-0.1, -0.05) is 78.9 Å². The third kappa shape index (κ3) is 4.34. The fraction of sp³-hybridized carbons (Fsp3) is 0.138. The molecule has 5 aromatic rings.